The Balaban J connectivity index is 1.80. The number of β-amino-alcohol motifs (C(OH)–C–C–N with tert-alkyl or cyclic N) is 1. The van der Waals surface area contributed by atoms with Gasteiger partial charge in [0.2, 0.25) is 0 Å². The van der Waals surface area contributed by atoms with Crippen LogP contribution in [-0.2, 0) is 11.2 Å². The van der Waals surface area contributed by atoms with Crippen LogP contribution in [0.3, 0.4) is 0 Å². The molecule has 0 amide bonds. The molecule has 0 bridgehead atoms. The van der Waals surface area contributed by atoms with E-state index in [9.17, 15) is 5.11 Å². The number of hydrogen-bond acceptors (Lipinski definition) is 4. The first-order chi connectivity index (χ1) is 20.6. The maximum atomic E-state index is 10.9. The van der Waals surface area contributed by atoms with Gasteiger partial charge in [0.05, 0.1) is 18.8 Å². The molecule has 0 aliphatic heterocycles. The van der Waals surface area contributed by atoms with Gasteiger partial charge in [-0.1, -0.05) is 122 Å². The van der Waals surface area contributed by atoms with Gasteiger partial charge in [-0.15, -0.1) is 0 Å². The van der Waals surface area contributed by atoms with Gasteiger partial charge in [0.25, 0.3) is 0 Å². The summed E-state index contributed by atoms with van der Waals surface area (Å²) in [6.07, 6.45) is 25.1. The number of aliphatic hydroxyl groups is 1. The predicted molar refractivity (Wildman–Crippen MR) is 189 cm³/mol. The minimum Gasteiger partial charge on any atom is -0.389 e. The number of anilines is 1. The smallest absolute Gasteiger partial charge is 0.0898 e. The average molecular weight is 601 g/mol. The van der Waals surface area contributed by atoms with Gasteiger partial charge in [0, 0.05) is 31.4 Å². The minimum atomic E-state index is -0.481. The molecule has 4 nitrogen and oxygen atoms in total. The zero-order valence-corrected chi connectivity index (χ0v) is 29.7. The lowest BCUT2D eigenvalue weighted by Crippen LogP contribution is -2.46. The molecular weight excluding hydrogens is 528 g/mol. The molecule has 2 rings (SSSR count). The Kier molecular flexibility index (Phi) is 19.1. The van der Waals surface area contributed by atoms with Crippen molar-refractivity contribution < 1.29 is 9.84 Å². The molecule has 2 N–H and O–H groups in total. The average Bonchev–Trinajstić information content (AvgIpc) is 2.95. The number of hydrogen-bond donors (Lipinski definition) is 2. The molecule has 1 saturated carbocycles. The lowest BCUT2D eigenvalue weighted by Gasteiger charge is -2.30. The molecule has 0 saturated heterocycles. The van der Waals surface area contributed by atoms with E-state index in [0.717, 1.165) is 31.7 Å². The van der Waals surface area contributed by atoms with Crippen molar-refractivity contribution in [3.63, 3.8) is 0 Å². The second kappa shape index (κ2) is 21.6. The number of nitrogens with one attached hydrogen (secondary N) is 1. The Bertz CT molecular complexity index is 831. The normalized spacial score (nSPS) is 22.1. The highest BCUT2D eigenvalue weighted by atomic mass is 16.5. The Labute approximate surface area is 268 Å². The topological polar surface area (TPSA) is 44.7 Å². The van der Waals surface area contributed by atoms with E-state index in [2.05, 4.69) is 70.9 Å². The molecule has 0 radical (unpaired) electrons. The van der Waals surface area contributed by atoms with Crippen LogP contribution in [0.2, 0.25) is 0 Å². The zero-order valence-electron chi connectivity index (χ0n) is 29.7. The third kappa shape index (κ3) is 16.7. The van der Waals surface area contributed by atoms with E-state index in [1.807, 2.05) is 0 Å². The van der Waals surface area contributed by atoms with Crippen LogP contribution in [0.4, 0.5) is 5.69 Å². The molecule has 1 aromatic carbocycles. The number of rotatable bonds is 10. The lowest BCUT2D eigenvalue weighted by molar-refractivity contribution is -0.0189. The second-order valence-electron chi connectivity index (χ2n) is 14.9. The molecule has 0 heterocycles. The van der Waals surface area contributed by atoms with Crippen LogP contribution < -0.4 is 10.2 Å². The zero-order chi connectivity index (χ0) is 31.5. The standard InChI is InChI=1S/C39H72N2O2/c1-8-41(7)38-33(3)27-35(28-34(38)4)29-39(5,6)40-30-36(42)31-43-37-25-21-17-15-13-11-9-10-12-14-16-19-23-32(2)24-20-18-22-26-37/h27-28,32,36-37,40,42H,8-26,29-31H2,1-7H3. The van der Waals surface area contributed by atoms with Crippen LogP contribution in [-0.4, -0.2) is 49.6 Å². The largest absolute Gasteiger partial charge is 0.389 e. The van der Waals surface area contributed by atoms with Crippen LogP contribution in [0, 0.1) is 19.8 Å². The Morgan fingerprint density at radius 3 is 1.74 bits per heavy atom. The molecule has 3 atom stereocenters. The van der Waals surface area contributed by atoms with E-state index in [-0.39, 0.29) is 11.6 Å². The van der Waals surface area contributed by atoms with Crippen molar-refractivity contribution in [3.05, 3.63) is 28.8 Å². The highest BCUT2D eigenvalue weighted by molar-refractivity contribution is 5.59. The van der Waals surface area contributed by atoms with Crippen LogP contribution in [0.15, 0.2) is 12.1 Å². The summed E-state index contributed by atoms with van der Waals surface area (Å²) in [5.74, 6) is 0.875. The third-order valence-corrected chi connectivity index (χ3v) is 9.84. The summed E-state index contributed by atoms with van der Waals surface area (Å²) in [7, 11) is 2.17. The van der Waals surface area contributed by atoms with E-state index >= 15 is 0 Å². The SMILES string of the molecule is CCN(C)c1c(C)cc(CC(C)(C)NCC(O)COC2CCCCCCCCCCCCCC(C)CCCCC2)cc1C. The lowest BCUT2D eigenvalue weighted by atomic mass is 9.92. The molecule has 3 unspecified atom stereocenters. The first-order valence-electron chi connectivity index (χ1n) is 18.5. The van der Waals surface area contributed by atoms with Crippen molar-refractivity contribution in [2.75, 3.05) is 31.6 Å². The summed E-state index contributed by atoms with van der Waals surface area (Å²) in [6, 6.07) is 4.67. The van der Waals surface area contributed by atoms with Gasteiger partial charge in [0.15, 0.2) is 0 Å². The molecule has 43 heavy (non-hydrogen) atoms. The van der Waals surface area contributed by atoms with Crippen LogP contribution in [0.25, 0.3) is 0 Å². The highest BCUT2D eigenvalue weighted by Crippen LogP contribution is 2.27. The van der Waals surface area contributed by atoms with Gasteiger partial charge in [-0.3, -0.25) is 0 Å². The maximum Gasteiger partial charge on any atom is 0.0898 e. The van der Waals surface area contributed by atoms with Gasteiger partial charge in [-0.25, -0.2) is 0 Å². The van der Waals surface area contributed by atoms with Gasteiger partial charge in [0.1, 0.15) is 0 Å². The highest BCUT2D eigenvalue weighted by Gasteiger charge is 2.21. The fraction of sp³-hybridized carbons (Fsp3) is 0.846. The van der Waals surface area contributed by atoms with E-state index in [1.54, 1.807) is 0 Å². The summed E-state index contributed by atoms with van der Waals surface area (Å²) >= 11 is 0. The molecule has 0 aromatic heterocycles. The van der Waals surface area contributed by atoms with Gasteiger partial charge in [-0.2, -0.15) is 0 Å². The van der Waals surface area contributed by atoms with Crippen LogP contribution in [0.1, 0.15) is 160 Å². The Hall–Kier alpha value is -1.10. The first kappa shape index (κ1) is 38.1. The van der Waals surface area contributed by atoms with Crippen molar-refractivity contribution in [1.82, 2.24) is 5.32 Å². The summed E-state index contributed by atoms with van der Waals surface area (Å²) in [6.45, 7) is 15.6. The monoisotopic (exact) mass is 601 g/mol. The van der Waals surface area contributed by atoms with E-state index in [4.69, 9.17) is 4.74 Å². The van der Waals surface area contributed by atoms with Gasteiger partial charge >= 0.3 is 0 Å². The quantitative estimate of drug-likeness (QED) is 0.280. The van der Waals surface area contributed by atoms with Crippen molar-refractivity contribution in [1.29, 1.82) is 0 Å². The molecule has 1 aliphatic carbocycles. The summed E-state index contributed by atoms with van der Waals surface area (Å²) in [4.78, 5) is 2.33. The Morgan fingerprint density at radius 1 is 0.814 bits per heavy atom. The van der Waals surface area contributed by atoms with E-state index < -0.39 is 6.10 Å². The summed E-state index contributed by atoms with van der Waals surface area (Å²) < 4.78 is 6.40. The number of nitrogens with zero attached hydrogens (tertiary/aromatic N) is 1. The first-order valence-corrected chi connectivity index (χ1v) is 18.5. The number of benzene rings is 1. The van der Waals surface area contributed by atoms with Crippen molar-refractivity contribution in [2.24, 2.45) is 5.92 Å². The minimum absolute atomic E-state index is 0.104. The number of aliphatic hydroxyl groups excluding tert-OH is 1. The maximum absolute atomic E-state index is 10.9. The molecule has 0 spiro atoms. The molecule has 1 fully saturated rings. The molecule has 1 aromatic rings. The molecule has 1 aliphatic rings. The fourth-order valence-corrected chi connectivity index (χ4v) is 7.13. The third-order valence-electron chi connectivity index (χ3n) is 9.84. The second-order valence-corrected chi connectivity index (χ2v) is 14.9. The van der Waals surface area contributed by atoms with Crippen molar-refractivity contribution in [3.8, 4) is 0 Å². The molecule has 250 valence electrons. The van der Waals surface area contributed by atoms with E-state index in [1.165, 1.54) is 125 Å². The van der Waals surface area contributed by atoms with Gasteiger partial charge in [-0.05, 0) is 76.5 Å². The molecular formula is C39H72N2O2. The van der Waals surface area contributed by atoms with E-state index in [0.29, 0.717) is 13.2 Å². The van der Waals surface area contributed by atoms with Gasteiger partial charge < -0.3 is 20.1 Å². The van der Waals surface area contributed by atoms with Crippen molar-refractivity contribution in [2.45, 2.75) is 181 Å². The van der Waals surface area contributed by atoms with Crippen LogP contribution in [0.5, 0.6) is 0 Å². The number of aryl methyl sites for hydroxylation is 2. The Morgan fingerprint density at radius 2 is 1.26 bits per heavy atom. The van der Waals surface area contributed by atoms with Crippen LogP contribution >= 0.6 is 0 Å². The molecule has 4 heteroatoms. The van der Waals surface area contributed by atoms with Crippen molar-refractivity contribution >= 4 is 5.69 Å². The fourth-order valence-electron chi connectivity index (χ4n) is 7.13. The number of ether oxygens (including phenoxy) is 1. The summed E-state index contributed by atoms with van der Waals surface area (Å²) in [5.41, 5.74) is 5.27. The summed E-state index contributed by atoms with van der Waals surface area (Å²) in [5, 5.41) is 14.5. The predicted octanol–water partition coefficient (Wildman–Crippen LogP) is 10.1.